The number of rotatable bonds is 6. The predicted octanol–water partition coefficient (Wildman–Crippen LogP) is 3.24. The van der Waals surface area contributed by atoms with Gasteiger partial charge in [-0.2, -0.15) is 0 Å². The number of benzene rings is 1. The minimum atomic E-state index is 0.161. The van der Waals surface area contributed by atoms with E-state index in [0.29, 0.717) is 6.04 Å². The van der Waals surface area contributed by atoms with Crippen LogP contribution in [0.1, 0.15) is 38.5 Å². The molecule has 0 aliphatic rings. The summed E-state index contributed by atoms with van der Waals surface area (Å²) in [7, 11) is 0. The summed E-state index contributed by atoms with van der Waals surface area (Å²) in [5.74, 6) is 0.951. The van der Waals surface area contributed by atoms with Gasteiger partial charge in [-0.15, -0.1) is 0 Å². The highest BCUT2D eigenvalue weighted by Crippen LogP contribution is 2.24. The summed E-state index contributed by atoms with van der Waals surface area (Å²) in [4.78, 5) is 0. The fourth-order valence-electron chi connectivity index (χ4n) is 2.21. The molecule has 1 aromatic heterocycles. The van der Waals surface area contributed by atoms with E-state index in [1.54, 1.807) is 0 Å². The van der Waals surface area contributed by atoms with E-state index in [0.717, 1.165) is 29.6 Å². The summed E-state index contributed by atoms with van der Waals surface area (Å²) < 4.78 is 5.83. The van der Waals surface area contributed by atoms with Crippen molar-refractivity contribution in [3.63, 3.8) is 0 Å². The molecule has 2 rings (SSSR count). The van der Waals surface area contributed by atoms with Gasteiger partial charge >= 0.3 is 0 Å². The van der Waals surface area contributed by atoms with Crippen LogP contribution >= 0.6 is 0 Å². The van der Waals surface area contributed by atoms with Crippen molar-refractivity contribution >= 4 is 11.0 Å². The van der Waals surface area contributed by atoms with Crippen LogP contribution in [0.2, 0.25) is 0 Å². The van der Waals surface area contributed by atoms with Gasteiger partial charge in [-0.05, 0) is 31.9 Å². The zero-order valence-electron chi connectivity index (χ0n) is 11.0. The van der Waals surface area contributed by atoms with Crippen molar-refractivity contribution < 1.29 is 9.52 Å². The maximum Gasteiger partial charge on any atom is 0.134 e. The summed E-state index contributed by atoms with van der Waals surface area (Å²) in [5.41, 5.74) is 0.927. The van der Waals surface area contributed by atoms with E-state index in [9.17, 15) is 0 Å². The smallest absolute Gasteiger partial charge is 0.134 e. The maximum absolute atomic E-state index is 9.00. The van der Waals surface area contributed by atoms with Crippen molar-refractivity contribution in [3.8, 4) is 0 Å². The third kappa shape index (κ3) is 2.92. The van der Waals surface area contributed by atoms with Crippen molar-refractivity contribution in [2.45, 2.75) is 38.8 Å². The fourth-order valence-corrected chi connectivity index (χ4v) is 2.21. The van der Waals surface area contributed by atoms with Crippen molar-refractivity contribution in [1.82, 2.24) is 5.32 Å². The average molecular weight is 247 g/mol. The highest BCUT2D eigenvalue weighted by atomic mass is 16.3. The van der Waals surface area contributed by atoms with E-state index in [2.05, 4.69) is 31.3 Å². The Morgan fingerprint density at radius 2 is 2.11 bits per heavy atom. The number of aliphatic hydroxyl groups excluding tert-OH is 1. The Labute approximate surface area is 108 Å². The maximum atomic E-state index is 9.00. The molecular weight excluding hydrogens is 226 g/mol. The van der Waals surface area contributed by atoms with Crippen LogP contribution in [0.25, 0.3) is 11.0 Å². The first-order valence-electron chi connectivity index (χ1n) is 6.60. The van der Waals surface area contributed by atoms with Crippen molar-refractivity contribution in [3.05, 3.63) is 36.1 Å². The molecular formula is C15H21NO2. The van der Waals surface area contributed by atoms with Crippen LogP contribution in [0.4, 0.5) is 0 Å². The molecule has 2 atom stereocenters. The Morgan fingerprint density at radius 1 is 1.33 bits per heavy atom. The molecule has 1 aromatic carbocycles. The van der Waals surface area contributed by atoms with Crippen LogP contribution in [0.15, 0.2) is 34.7 Å². The molecule has 2 unspecified atom stereocenters. The summed E-state index contributed by atoms with van der Waals surface area (Å²) in [5, 5.41) is 13.6. The molecule has 3 heteroatoms. The van der Waals surface area contributed by atoms with Gasteiger partial charge in [0.25, 0.3) is 0 Å². The molecule has 0 amide bonds. The number of hydrogen-bond acceptors (Lipinski definition) is 3. The van der Waals surface area contributed by atoms with E-state index in [-0.39, 0.29) is 12.6 Å². The molecule has 98 valence electrons. The summed E-state index contributed by atoms with van der Waals surface area (Å²) in [6, 6.07) is 10.6. The second kappa shape index (κ2) is 6.03. The lowest BCUT2D eigenvalue weighted by molar-refractivity contribution is 0.253. The number of hydrogen-bond donors (Lipinski definition) is 2. The number of nitrogens with one attached hydrogen (secondary N) is 1. The fraction of sp³-hybridized carbons (Fsp3) is 0.467. The van der Waals surface area contributed by atoms with Gasteiger partial charge in [0.2, 0.25) is 0 Å². The normalized spacial score (nSPS) is 14.8. The highest BCUT2D eigenvalue weighted by Gasteiger charge is 2.15. The van der Waals surface area contributed by atoms with E-state index in [1.807, 2.05) is 18.2 Å². The third-order valence-corrected chi connectivity index (χ3v) is 3.33. The van der Waals surface area contributed by atoms with Gasteiger partial charge in [0, 0.05) is 18.0 Å². The Bertz CT molecular complexity index is 459. The molecule has 0 aliphatic carbocycles. The van der Waals surface area contributed by atoms with Crippen LogP contribution in [0, 0.1) is 0 Å². The molecule has 2 N–H and O–H groups in total. The van der Waals surface area contributed by atoms with Gasteiger partial charge in [0.15, 0.2) is 0 Å². The molecule has 0 saturated carbocycles. The van der Waals surface area contributed by atoms with Crippen molar-refractivity contribution in [2.24, 2.45) is 0 Å². The van der Waals surface area contributed by atoms with Gasteiger partial charge in [0.1, 0.15) is 11.3 Å². The molecule has 18 heavy (non-hydrogen) atoms. The highest BCUT2D eigenvalue weighted by molar-refractivity contribution is 5.77. The molecule has 1 heterocycles. The standard InChI is InChI=1S/C15H21NO2/c1-3-13(8-9-17)16-11(2)15-10-12-6-4-5-7-14(12)18-15/h4-7,10-11,13,16-17H,3,8-9H2,1-2H3. The first-order chi connectivity index (χ1) is 8.74. The molecule has 0 fully saturated rings. The molecule has 0 bridgehead atoms. The van der Waals surface area contributed by atoms with E-state index < -0.39 is 0 Å². The monoisotopic (exact) mass is 247 g/mol. The van der Waals surface area contributed by atoms with Crippen LogP contribution in [0.5, 0.6) is 0 Å². The Hall–Kier alpha value is -1.32. The second-order valence-corrected chi connectivity index (χ2v) is 4.69. The number of para-hydroxylation sites is 1. The largest absolute Gasteiger partial charge is 0.459 e. The van der Waals surface area contributed by atoms with Gasteiger partial charge in [-0.3, -0.25) is 0 Å². The van der Waals surface area contributed by atoms with Gasteiger partial charge < -0.3 is 14.8 Å². The van der Waals surface area contributed by atoms with Crippen molar-refractivity contribution in [1.29, 1.82) is 0 Å². The van der Waals surface area contributed by atoms with E-state index in [1.165, 1.54) is 0 Å². The summed E-state index contributed by atoms with van der Waals surface area (Å²) in [6.45, 7) is 4.44. The lowest BCUT2D eigenvalue weighted by atomic mass is 10.1. The van der Waals surface area contributed by atoms with Gasteiger partial charge in [-0.25, -0.2) is 0 Å². The molecule has 2 aromatic rings. The minimum Gasteiger partial charge on any atom is -0.459 e. The molecule has 0 spiro atoms. The molecule has 3 nitrogen and oxygen atoms in total. The topological polar surface area (TPSA) is 45.4 Å². The minimum absolute atomic E-state index is 0.161. The van der Waals surface area contributed by atoms with E-state index >= 15 is 0 Å². The van der Waals surface area contributed by atoms with E-state index in [4.69, 9.17) is 9.52 Å². The first-order valence-corrected chi connectivity index (χ1v) is 6.60. The SMILES string of the molecule is CCC(CCO)NC(C)c1cc2ccccc2o1. The number of aliphatic hydroxyl groups is 1. The van der Waals surface area contributed by atoms with Crippen molar-refractivity contribution in [2.75, 3.05) is 6.61 Å². The first kappa shape index (κ1) is 13.1. The summed E-state index contributed by atoms with van der Waals surface area (Å²) in [6.07, 6.45) is 1.78. The zero-order valence-corrected chi connectivity index (χ0v) is 11.0. The Kier molecular flexibility index (Phi) is 4.39. The number of furan rings is 1. The average Bonchev–Trinajstić information content (AvgIpc) is 2.82. The van der Waals surface area contributed by atoms with Gasteiger partial charge in [-0.1, -0.05) is 25.1 Å². The van der Waals surface area contributed by atoms with Crippen LogP contribution < -0.4 is 5.32 Å². The Morgan fingerprint density at radius 3 is 2.78 bits per heavy atom. The van der Waals surface area contributed by atoms with Crippen LogP contribution in [-0.4, -0.2) is 17.8 Å². The quantitative estimate of drug-likeness (QED) is 0.823. The molecule has 0 radical (unpaired) electrons. The lowest BCUT2D eigenvalue weighted by Gasteiger charge is -2.20. The van der Waals surface area contributed by atoms with Gasteiger partial charge in [0.05, 0.1) is 6.04 Å². The predicted molar refractivity (Wildman–Crippen MR) is 73.5 cm³/mol. The lowest BCUT2D eigenvalue weighted by Crippen LogP contribution is -2.31. The summed E-state index contributed by atoms with van der Waals surface area (Å²) >= 11 is 0. The van der Waals surface area contributed by atoms with Crippen LogP contribution in [0.3, 0.4) is 0 Å². The van der Waals surface area contributed by atoms with Crippen LogP contribution in [-0.2, 0) is 0 Å². The number of fused-ring (bicyclic) bond motifs is 1. The Balaban J connectivity index is 2.10. The zero-order chi connectivity index (χ0) is 13.0. The molecule has 0 aliphatic heterocycles. The second-order valence-electron chi connectivity index (χ2n) is 4.69. The molecule has 0 saturated heterocycles. The third-order valence-electron chi connectivity index (χ3n) is 3.33.